The Bertz CT molecular complexity index is 591. The SMILES string of the molecule is Nc1cc(Cl)c(F)cc1Nc1cc(F)c(F)cc1F. The molecule has 0 aliphatic carbocycles. The molecule has 7 heteroatoms. The Balaban J connectivity index is 2.42. The molecule has 0 aromatic heterocycles. The van der Waals surface area contributed by atoms with Gasteiger partial charge in [-0.15, -0.1) is 0 Å². The molecule has 2 aromatic rings. The van der Waals surface area contributed by atoms with E-state index in [0.29, 0.717) is 12.1 Å². The zero-order chi connectivity index (χ0) is 14.2. The summed E-state index contributed by atoms with van der Waals surface area (Å²) in [5.74, 6) is -4.37. The number of anilines is 3. The molecule has 0 spiro atoms. The topological polar surface area (TPSA) is 38.0 Å². The quantitative estimate of drug-likeness (QED) is 0.494. The van der Waals surface area contributed by atoms with E-state index in [2.05, 4.69) is 5.32 Å². The Morgan fingerprint density at radius 3 is 2.05 bits per heavy atom. The van der Waals surface area contributed by atoms with E-state index in [1.165, 1.54) is 0 Å². The maximum Gasteiger partial charge on any atom is 0.161 e. The molecule has 2 aromatic carbocycles. The summed E-state index contributed by atoms with van der Waals surface area (Å²) < 4.78 is 52.4. The first-order chi connectivity index (χ1) is 8.88. The highest BCUT2D eigenvalue weighted by Crippen LogP contribution is 2.30. The molecular formula is C12H7ClF4N2. The highest BCUT2D eigenvalue weighted by molar-refractivity contribution is 6.31. The maximum absolute atomic E-state index is 13.4. The van der Waals surface area contributed by atoms with Gasteiger partial charge in [-0.1, -0.05) is 11.6 Å². The number of halogens is 5. The second-order valence-corrected chi connectivity index (χ2v) is 4.13. The summed E-state index contributed by atoms with van der Waals surface area (Å²) in [6.07, 6.45) is 0. The van der Waals surface area contributed by atoms with Crippen molar-refractivity contribution in [3.05, 3.63) is 52.6 Å². The molecule has 0 heterocycles. The number of rotatable bonds is 2. The van der Waals surface area contributed by atoms with Crippen molar-refractivity contribution >= 4 is 28.7 Å². The molecule has 0 aliphatic rings. The number of nitrogens with two attached hydrogens (primary N) is 1. The molecule has 19 heavy (non-hydrogen) atoms. The standard InChI is InChI=1S/C12H7ClF4N2/c13-5-1-10(18)12(3-6(5)14)19-11-4-8(16)7(15)2-9(11)17/h1-4,19H,18H2. The second kappa shape index (κ2) is 4.97. The lowest BCUT2D eigenvalue weighted by molar-refractivity contribution is 0.496. The zero-order valence-corrected chi connectivity index (χ0v) is 10.0. The van der Waals surface area contributed by atoms with Crippen LogP contribution < -0.4 is 11.1 Å². The number of benzene rings is 2. The number of nitrogen functional groups attached to an aromatic ring is 1. The van der Waals surface area contributed by atoms with Crippen molar-refractivity contribution in [1.82, 2.24) is 0 Å². The molecule has 2 nitrogen and oxygen atoms in total. The Morgan fingerprint density at radius 1 is 0.789 bits per heavy atom. The third-order valence-electron chi connectivity index (χ3n) is 2.37. The Hall–Kier alpha value is -1.95. The Labute approximate surface area is 110 Å². The monoisotopic (exact) mass is 290 g/mol. The predicted octanol–water partition coefficient (Wildman–Crippen LogP) is 4.22. The molecule has 0 aliphatic heterocycles. The summed E-state index contributed by atoms with van der Waals surface area (Å²) in [6.45, 7) is 0. The largest absolute Gasteiger partial charge is 0.397 e. The average Bonchev–Trinajstić information content (AvgIpc) is 2.32. The molecule has 0 unspecified atom stereocenters. The van der Waals surface area contributed by atoms with E-state index in [4.69, 9.17) is 17.3 Å². The van der Waals surface area contributed by atoms with Gasteiger partial charge in [0.05, 0.1) is 22.1 Å². The summed E-state index contributed by atoms with van der Waals surface area (Å²) in [4.78, 5) is 0. The van der Waals surface area contributed by atoms with Gasteiger partial charge in [0.15, 0.2) is 11.6 Å². The van der Waals surface area contributed by atoms with E-state index >= 15 is 0 Å². The van der Waals surface area contributed by atoms with E-state index in [1.807, 2.05) is 0 Å². The van der Waals surface area contributed by atoms with E-state index < -0.39 is 23.3 Å². The van der Waals surface area contributed by atoms with Gasteiger partial charge in [0.2, 0.25) is 0 Å². The van der Waals surface area contributed by atoms with Crippen molar-refractivity contribution in [1.29, 1.82) is 0 Å². The van der Waals surface area contributed by atoms with Gasteiger partial charge in [0.25, 0.3) is 0 Å². The first-order valence-electron chi connectivity index (χ1n) is 5.04. The summed E-state index contributed by atoms with van der Waals surface area (Å²) in [7, 11) is 0. The van der Waals surface area contributed by atoms with E-state index in [0.717, 1.165) is 12.1 Å². The molecule has 3 N–H and O–H groups in total. The van der Waals surface area contributed by atoms with Crippen LogP contribution in [0.5, 0.6) is 0 Å². The van der Waals surface area contributed by atoms with Crippen LogP contribution in [0, 0.1) is 23.3 Å². The van der Waals surface area contributed by atoms with Gasteiger partial charge < -0.3 is 11.1 Å². The molecule has 0 bridgehead atoms. The number of nitrogens with one attached hydrogen (secondary N) is 1. The van der Waals surface area contributed by atoms with Crippen molar-refractivity contribution in [3.8, 4) is 0 Å². The summed E-state index contributed by atoms with van der Waals surface area (Å²) in [6, 6.07) is 3.03. The zero-order valence-electron chi connectivity index (χ0n) is 9.28. The summed E-state index contributed by atoms with van der Waals surface area (Å²) >= 11 is 5.50. The van der Waals surface area contributed by atoms with Crippen LogP contribution in [0.1, 0.15) is 0 Å². The number of hydrogen-bond donors (Lipinski definition) is 2. The molecule has 0 saturated heterocycles. The molecule has 0 amide bonds. The fraction of sp³-hybridized carbons (Fsp3) is 0. The molecule has 100 valence electrons. The fourth-order valence-corrected chi connectivity index (χ4v) is 1.61. The van der Waals surface area contributed by atoms with Crippen LogP contribution in [-0.2, 0) is 0 Å². The molecule has 2 rings (SSSR count). The van der Waals surface area contributed by atoms with Crippen molar-refractivity contribution in [2.75, 3.05) is 11.1 Å². The minimum absolute atomic E-state index is 0.00759. The van der Waals surface area contributed by atoms with Crippen LogP contribution in [0.4, 0.5) is 34.6 Å². The van der Waals surface area contributed by atoms with Crippen LogP contribution in [0.25, 0.3) is 0 Å². The summed E-state index contributed by atoms with van der Waals surface area (Å²) in [5.41, 5.74) is 5.21. The predicted molar refractivity (Wildman–Crippen MR) is 65.4 cm³/mol. The maximum atomic E-state index is 13.4. The van der Waals surface area contributed by atoms with Gasteiger partial charge in [0.1, 0.15) is 11.6 Å². The lowest BCUT2D eigenvalue weighted by Crippen LogP contribution is -2.01. The highest BCUT2D eigenvalue weighted by atomic mass is 35.5. The van der Waals surface area contributed by atoms with Gasteiger partial charge in [-0.2, -0.15) is 0 Å². The van der Waals surface area contributed by atoms with Crippen LogP contribution in [-0.4, -0.2) is 0 Å². The lowest BCUT2D eigenvalue weighted by Gasteiger charge is -2.11. The third-order valence-corrected chi connectivity index (χ3v) is 2.66. The third kappa shape index (κ3) is 2.73. The molecular weight excluding hydrogens is 284 g/mol. The Morgan fingerprint density at radius 2 is 1.37 bits per heavy atom. The van der Waals surface area contributed by atoms with E-state index in [1.54, 1.807) is 0 Å². The first-order valence-corrected chi connectivity index (χ1v) is 5.42. The van der Waals surface area contributed by atoms with Gasteiger partial charge in [-0.3, -0.25) is 0 Å². The first kappa shape index (κ1) is 13.5. The minimum atomic E-state index is -1.32. The molecule has 0 fully saturated rings. The van der Waals surface area contributed by atoms with Crippen molar-refractivity contribution in [2.24, 2.45) is 0 Å². The molecule has 0 saturated carbocycles. The van der Waals surface area contributed by atoms with Gasteiger partial charge in [0, 0.05) is 18.2 Å². The molecule has 0 radical (unpaired) electrons. The summed E-state index contributed by atoms with van der Waals surface area (Å²) in [5, 5.41) is 2.17. The lowest BCUT2D eigenvalue weighted by atomic mass is 10.2. The van der Waals surface area contributed by atoms with E-state index in [-0.39, 0.29) is 22.1 Å². The van der Waals surface area contributed by atoms with E-state index in [9.17, 15) is 17.6 Å². The number of hydrogen-bond acceptors (Lipinski definition) is 2. The van der Waals surface area contributed by atoms with Crippen LogP contribution in [0.2, 0.25) is 5.02 Å². The van der Waals surface area contributed by atoms with Gasteiger partial charge >= 0.3 is 0 Å². The van der Waals surface area contributed by atoms with Crippen LogP contribution in [0.3, 0.4) is 0 Å². The minimum Gasteiger partial charge on any atom is -0.397 e. The van der Waals surface area contributed by atoms with Crippen molar-refractivity contribution in [3.63, 3.8) is 0 Å². The van der Waals surface area contributed by atoms with Crippen LogP contribution in [0.15, 0.2) is 24.3 Å². The molecule has 0 atom stereocenters. The van der Waals surface area contributed by atoms with Gasteiger partial charge in [-0.05, 0) is 6.07 Å². The fourth-order valence-electron chi connectivity index (χ4n) is 1.43. The normalized spacial score (nSPS) is 10.6. The van der Waals surface area contributed by atoms with Crippen molar-refractivity contribution in [2.45, 2.75) is 0 Å². The Kier molecular flexibility index (Phi) is 3.53. The average molecular weight is 291 g/mol. The second-order valence-electron chi connectivity index (χ2n) is 3.72. The smallest absolute Gasteiger partial charge is 0.161 e. The highest BCUT2D eigenvalue weighted by Gasteiger charge is 2.12. The van der Waals surface area contributed by atoms with Gasteiger partial charge in [-0.25, -0.2) is 17.6 Å². The van der Waals surface area contributed by atoms with Crippen LogP contribution >= 0.6 is 11.6 Å². The van der Waals surface area contributed by atoms with Crippen molar-refractivity contribution < 1.29 is 17.6 Å².